The third-order valence-corrected chi connectivity index (χ3v) is 2.65. The summed E-state index contributed by atoms with van der Waals surface area (Å²) in [6, 6.07) is 8.70. The van der Waals surface area contributed by atoms with Crippen LogP contribution >= 0.6 is 11.6 Å². The normalized spacial score (nSPS) is 10.2. The Hall–Kier alpha value is -1.94. The van der Waals surface area contributed by atoms with E-state index in [0.29, 0.717) is 28.2 Å². The smallest absolute Gasteiger partial charge is 0.246 e. The second-order valence-electron chi connectivity index (χ2n) is 3.76. The van der Waals surface area contributed by atoms with Gasteiger partial charge in [-0.2, -0.15) is 4.98 Å². The van der Waals surface area contributed by atoms with Crippen LogP contribution in [0.3, 0.4) is 0 Å². The molecule has 2 N–H and O–H groups in total. The van der Waals surface area contributed by atoms with E-state index in [0.717, 1.165) is 5.56 Å². The Bertz CT molecular complexity index is 573. The first-order chi connectivity index (χ1) is 8.60. The number of hydrogen-bond acceptors (Lipinski definition) is 4. The zero-order valence-corrected chi connectivity index (χ0v) is 10.9. The van der Waals surface area contributed by atoms with E-state index >= 15 is 0 Å². The first kappa shape index (κ1) is 12.5. The Morgan fingerprint density at radius 3 is 2.67 bits per heavy atom. The van der Waals surface area contributed by atoms with E-state index in [9.17, 15) is 0 Å². The number of methoxy groups -OCH3 is 1. The molecule has 0 fully saturated rings. The number of nitrogen functional groups attached to an aromatic ring is 1. The lowest BCUT2D eigenvalue weighted by Gasteiger charge is -2.10. The summed E-state index contributed by atoms with van der Waals surface area (Å²) in [6.07, 6.45) is 0. The third kappa shape index (κ3) is 2.65. The molecule has 0 saturated carbocycles. The van der Waals surface area contributed by atoms with E-state index in [1.165, 1.54) is 7.11 Å². The number of benzene rings is 1. The highest BCUT2D eigenvalue weighted by atomic mass is 35.5. The van der Waals surface area contributed by atoms with Gasteiger partial charge >= 0.3 is 0 Å². The summed E-state index contributed by atoms with van der Waals surface area (Å²) in [4.78, 5) is 4.15. The minimum atomic E-state index is 0.319. The van der Waals surface area contributed by atoms with Crippen LogP contribution in [0.4, 0.5) is 5.69 Å². The molecule has 0 saturated heterocycles. The van der Waals surface area contributed by atoms with Gasteiger partial charge in [-0.3, -0.25) is 0 Å². The standard InChI is InChI=1S/C13H13ClN2O2/c1-8-7-9(14)3-5-11(8)18-13-10(15)4-6-12(16-13)17-2/h3-7H,15H2,1-2H3. The van der Waals surface area contributed by atoms with Gasteiger partial charge in [0.25, 0.3) is 0 Å². The summed E-state index contributed by atoms with van der Waals surface area (Å²) < 4.78 is 10.7. The van der Waals surface area contributed by atoms with Gasteiger partial charge in [-0.15, -0.1) is 0 Å². The lowest BCUT2D eigenvalue weighted by Crippen LogP contribution is -1.98. The van der Waals surface area contributed by atoms with Gasteiger partial charge in [0.1, 0.15) is 5.75 Å². The Morgan fingerprint density at radius 1 is 1.22 bits per heavy atom. The second kappa shape index (κ2) is 5.14. The van der Waals surface area contributed by atoms with Gasteiger partial charge in [0.15, 0.2) is 0 Å². The molecule has 0 spiro atoms. The molecule has 4 nitrogen and oxygen atoms in total. The van der Waals surface area contributed by atoms with Crippen LogP contribution in [-0.2, 0) is 0 Å². The third-order valence-electron chi connectivity index (χ3n) is 2.42. The van der Waals surface area contributed by atoms with Crippen LogP contribution in [0.25, 0.3) is 0 Å². The molecule has 5 heteroatoms. The van der Waals surface area contributed by atoms with Crippen molar-refractivity contribution < 1.29 is 9.47 Å². The maximum atomic E-state index is 5.88. The highest BCUT2D eigenvalue weighted by Crippen LogP contribution is 2.30. The van der Waals surface area contributed by atoms with Crippen molar-refractivity contribution in [3.8, 4) is 17.5 Å². The monoisotopic (exact) mass is 264 g/mol. The molecule has 18 heavy (non-hydrogen) atoms. The average molecular weight is 265 g/mol. The van der Waals surface area contributed by atoms with Crippen molar-refractivity contribution in [2.75, 3.05) is 12.8 Å². The summed E-state index contributed by atoms with van der Waals surface area (Å²) in [5.74, 6) is 1.43. The molecule has 1 heterocycles. The fourth-order valence-corrected chi connectivity index (χ4v) is 1.69. The number of pyridine rings is 1. The van der Waals surface area contributed by atoms with Crippen molar-refractivity contribution in [1.82, 2.24) is 4.98 Å². The Morgan fingerprint density at radius 2 is 2.00 bits per heavy atom. The van der Waals surface area contributed by atoms with Gasteiger partial charge < -0.3 is 15.2 Å². The van der Waals surface area contributed by atoms with Crippen LogP contribution in [-0.4, -0.2) is 12.1 Å². The highest BCUT2D eigenvalue weighted by Gasteiger charge is 2.08. The number of aryl methyl sites for hydroxylation is 1. The predicted molar refractivity (Wildman–Crippen MR) is 71.5 cm³/mol. The molecular formula is C13H13ClN2O2. The number of nitrogens with zero attached hydrogens (tertiary/aromatic N) is 1. The Kier molecular flexibility index (Phi) is 3.58. The number of halogens is 1. The predicted octanol–water partition coefficient (Wildman–Crippen LogP) is 3.43. The van der Waals surface area contributed by atoms with Crippen LogP contribution in [0.2, 0.25) is 5.02 Å². The van der Waals surface area contributed by atoms with Crippen molar-refractivity contribution >= 4 is 17.3 Å². The molecule has 0 amide bonds. The molecular weight excluding hydrogens is 252 g/mol. The van der Waals surface area contributed by atoms with Gasteiger partial charge in [-0.25, -0.2) is 0 Å². The van der Waals surface area contributed by atoms with Gasteiger partial charge in [0.2, 0.25) is 11.8 Å². The SMILES string of the molecule is COc1ccc(N)c(Oc2ccc(Cl)cc2C)n1. The molecule has 0 atom stereocenters. The van der Waals surface area contributed by atoms with Crippen LogP contribution in [0.15, 0.2) is 30.3 Å². The summed E-state index contributed by atoms with van der Waals surface area (Å²) in [7, 11) is 1.54. The second-order valence-corrected chi connectivity index (χ2v) is 4.20. The lowest BCUT2D eigenvalue weighted by atomic mass is 10.2. The Labute approximate surface area is 110 Å². The molecule has 1 aromatic carbocycles. The van der Waals surface area contributed by atoms with Gasteiger partial charge in [-0.1, -0.05) is 11.6 Å². The van der Waals surface area contributed by atoms with E-state index in [4.69, 9.17) is 26.8 Å². The fraction of sp³-hybridized carbons (Fsp3) is 0.154. The maximum absolute atomic E-state index is 5.88. The number of hydrogen-bond donors (Lipinski definition) is 1. The van der Waals surface area contributed by atoms with Crippen molar-refractivity contribution in [3.63, 3.8) is 0 Å². The summed E-state index contributed by atoms with van der Waals surface area (Å²) >= 11 is 5.88. The molecule has 0 radical (unpaired) electrons. The fourth-order valence-electron chi connectivity index (χ4n) is 1.46. The van der Waals surface area contributed by atoms with Crippen LogP contribution in [0, 0.1) is 6.92 Å². The van der Waals surface area contributed by atoms with Crippen molar-refractivity contribution in [2.24, 2.45) is 0 Å². The van der Waals surface area contributed by atoms with Gasteiger partial charge in [0.05, 0.1) is 12.8 Å². The lowest BCUT2D eigenvalue weighted by molar-refractivity contribution is 0.384. The molecule has 1 aromatic heterocycles. The molecule has 0 bridgehead atoms. The molecule has 2 aromatic rings. The van der Waals surface area contributed by atoms with E-state index in [1.54, 1.807) is 24.3 Å². The Balaban J connectivity index is 2.33. The number of anilines is 1. The largest absolute Gasteiger partial charge is 0.481 e. The van der Waals surface area contributed by atoms with E-state index < -0.39 is 0 Å². The zero-order valence-electron chi connectivity index (χ0n) is 10.1. The van der Waals surface area contributed by atoms with Crippen LogP contribution in [0.1, 0.15) is 5.56 Å². The van der Waals surface area contributed by atoms with Gasteiger partial charge in [-0.05, 0) is 36.8 Å². The summed E-state index contributed by atoms with van der Waals surface area (Å²) in [6.45, 7) is 1.90. The minimum Gasteiger partial charge on any atom is -0.481 e. The molecule has 2 rings (SSSR count). The molecule has 0 aliphatic carbocycles. The first-order valence-electron chi connectivity index (χ1n) is 5.34. The van der Waals surface area contributed by atoms with E-state index in [2.05, 4.69) is 4.98 Å². The summed E-state index contributed by atoms with van der Waals surface area (Å²) in [5, 5.41) is 0.659. The summed E-state index contributed by atoms with van der Waals surface area (Å²) in [5.41, 5.74) is 7.16. The highest BCUT2D eigenvalue weighted by molar-refractivity contribution is 6.30. The molecule has 0 aliphatic heterocycles. The van der Waals surface area contributed by atoms with Crippen LogP contribution in [0.5, 0.6) is 17.5 Å². The average Bonchev–Trinajstić information content (AvgIpc) is 2.35. The van der Waals surface area contributed by atoms with Crippen molar-refractivity contribution in [2.45, 2.75) is 6.92 Å². The van der Waals surface area contributed by atoms with Crippen molar-refractivity contribution in [3.05, 3.63) is 40.9 Å². The van der Waals surface area contributed by atoms with Crippen LogP contribution < -0.4 is 15.2 Å². The zero-order chi connectivity index (χ0) is 13.1. The minimum absolute atomic E-state index is 0.319. The number of ether oxygens (including phenoxy) is 2. The number of rotatable bonds is 3. The quantitative estimate of drug-likeness (QED) is 0.923. The topological polar surface area (TPSA) is 57.4 Å². The maximum Gasteiger partial charge on any atom is 0.246 e. The number of aromatic nitrogens is 1. The molecule has 94 valence electrons. The van der Waals surface area contributed by atoms with Gasteiger partial charge in [0, 0.05) is 11.1 Å². The molecule has 0 aliphatic rings. The van der Waals surface area contributed by atoms with Crippen molar-refractivity contribution in [1.29, 1.82) is 0 Å². The number of nitrogens with two attached hydrogens (primary N) is 1. The molecule has 0 unspecified atom stereocenters. The van der Waals surface area contributed by atoms with E-state index in [1.807, 2.05) is 13.0 Å². The first-order valence-corrected chi connectivity index (χ1v) is 5.72. The van der Waals surface area contributed by atoms with E-state index in [-0.39, 0.29) is 0 Å².